The maximum absolute atomic E-state index is 13.3. The predicted octanol–water partition coefficient (Wildman–Crippen LogP) is 5.45. The third-order valence-corrected chi connectivity index (χ3v) is 6.43. The molecular formula is C31H32N2O5. The molecule has 0 radical (unpaired) electrons. The smallest absolute Gasteiger partial charge is 0.408 e. The van der Waals surface area contributed by atoms with E-state index in [1.54, 1.807) is 0 Å². The van der Waals surface area contributed by atoms with E-state index in [1.807, 2.05) is 92.7 Å². The van der Waals surface area contributed by atoms with E-state index in [1.165, 1.54) is 0 Å². The number of hydrogen-bond donors (Lipinski definition) is 3. The van der Waals surface area contributed by atoms with Crippen molar-refractivity contribution in [3.8, 4) is 0 Å². The summed E-state index contributed by atoms with van der Waals surface area (Å²) in [5, 5.41) is 19.2. The minimum absolute atomic E-state index is 0.0641. The third-order valence-electron chi connectivity index (χ3n) is 6.43. The molecule has 0 saturated heterocycles. The van der Waals surface area contributed by atoms with Gasteiger partial charge in [0.25, 0.3) is 0 Å². The number of nitrogens with one attached hydrogen (secondary N) is 2. The van der Waals surface area contributed by atoms with Gasteiger partial charge in [-0.05, 0) is 51.1 Å². The van der Waals surface area contributed by atoms with Crippen molar-refractivity contribution in [2.75, 3.05) is 0 Å². The summed E-state index contributed by atoms with van der Waals surface area (Å²) in [5.74, 6) is -1.64. The van der Waals surface area contributed by atoms with Gasteiger partial charge < -0.3 is 20.5 Å². The van der Waals surface area contributed by atoms with Gasteiger partial charge in [0.1, 0.15) is 18.7 Å². The van der Waals surface area contributed by atoms with Crippen LogP contribution in [0, 0.1) is 5.92 Å². The molecule has 0 aliphatic carbocycles. The predicted molar refractivity (Wildman–Crippen MR) is 148 cm³/mol. The third kappa shape index (κ3) is 6.68. The van der Waals surface area contributed by atoms with Crippen molar-refractivity contribution in [3.05, 3.63) is 96.1 Å². The Kier molecular flexibility index (Phi) is 8.58. The molecule has 4 aromatic rings. The van der Waals surface area contributed by atoms with E-state index in [9.17, 15) is 19.5 Å². The Labute approximate surface area is 221 Å². The van der Waals surface area contributed by atoms with Gasteiger partial charge in [-0.2, -0.15) is 0 Å². The topological polar surface area (TPSA) is 105 Å². The highest BCUT2D eigenvalue weighted by molar-refractivity contribution is 6.02. The van der Waals surface area contributed by atoms with E-state index >= 15 is 0 Å². The Morgan fingerprint density at radius 3 is 1.95 bits per heavy atom. The molecule has 0 bridgehead atoms. The van der Waals surface area contributed by atoms with E-state index in [2.05, 4.69) is 16.7 Å². The summed E-state index contributed by atoms with van der Waals surface area (Å²) < 4.78 is 5.29. The van der Waals surface area contributed by atoms with Crippen LogP contribution in [0.1, 0.15) is 31.4 Å². The maximum Gasteiger partial charge on any atom is 0.408 e. The number of alkyl carbamates (subject to hydrolysis) is 1. The monoisotopic (exact) mass is 512 g/mol. The molecule has 0 saturated carbocycles. The number of fused-ring (bicyclic) bond motifs is 2. The number of rotatable bonds is 10. The second kappa shape index (κ2) is 12.2. The van der Waals surface area contributed by atoms with Gasteiger partial charge >= 0.3 is 12.1 Å². The summed E-state index contributed by atoms with van der Waals surface area (Å²) in [6, 6.07) is 24.8. The van der Waals surface area contributed by atoms with Gasteiger partial charge in [0.05, 0.1) is 0 Å². The van der Waals surface area contributed by atoms with E-state index in [-0.39, 0.29) is 18.9 Å². The van der Waals surface area contributed by atoms with Crippen molar-refractivity contribution in [2.24, 2.45) is 5.92 Å². The van der Waals surface area contributed by atoms with Crippen molar-refractivity contribution < 1.29 is 24.2 Å². The van der Waals surface area contributed by atoms with Crippen LogP contribution in [0.15, 0.2) is 84.9 Å². The van der Waals surface area contributed by atoms with Gasteiger partial charge in [0.2, 0.25) is 5.91 Å². The number of ether oxygens (including phenoxy) is 1. The molecule has 3 N–H and O–H groups in total. The summed E-state index contributed by atoms with van der Waals surface area (Å²) in [4.78, 5) is 38.1. The molecular weight excluding hydrogens is 480 g/mol. The highest BCUT2D eigenvalue weighted by Gasteiger charge is 2.28. The van der Waals surface area contributed by atoms with Crippen LogP contribution >= 0.6 is 0 Å². The van der Waals surface area contributed by atoms with Crippen molar-refractivity contribution in [1.82, 2.24) is 10.6 Å². The van der Waals surface area contributed by atoms with Crippen LogP contribution in [0.2, 0.25) is 0 Å². The average molecular weight is 513 g/mol. The number of aliphatic carboxylic acids is 1. The lowest BCUT2D eigenvalue weighted by Gasteiger charge is -2.23. The first-order valence-electron chi connectivity index (χ1n) is 12.7. The van der Waals surface area contributed by atoms with Crippen molar-refractivity contribution in [3.63, 3.8) is 0 Å². The first-order valence-corrected chi connectivity index (χ1v) is 12.7. The van der Waals surface area contributed by atoms with Crippen LogP contribution in [-0.2, 0) is 27.4 Å². The van der Waals surface area contributed by atoms with Crippen LogP contribution in [0.3, 0.4) is 0 Å². The summed E-state index contributed by atoms with van der Waals surface area (Å²) in [6.07, 6.45) is -0.312. The second-order valence-electron chi connectivity index (χ2n) is 9.79. The van der Waals surface area contributed by atoms with Gasteiger partial charge in [0, 0.05) is 6.42 Å². The fourth-order valence-electron chi connectivity index (χ4n) is 4.61. The van der Waals surface area contributed by atoms with Crippen LogP contribution in [0.25, 0.3) is 21.5 Å². The molecule has 0 spiro atoms. The average Bonchev–Trinajstić information content (AvgIpc) is 2.91. The SMILES string of the molecule is CC(C)C[C@H](NC(=O)OCc1ccccc1)C(=O)N[C@@H](Cc1c2ccccc2cc2ccccc12)C(=O)O. The maximum atomic E-state index is 13.3. The minimum atomic E-state index is -1.19. The molecule has 7 nitrogen and oxygen atoms in total. The molecule has 0 heterocycles. The van der Waals surface area contributed by atoms with E-state index in [4.69, 9.17) is 4.74 Å². The Hall–Kier alpha value is -4.39. The molecule has 2 amide bonds. The van der Waals surface area contributed by atoms with Gasteiger partial charge in [-0.25, -0.2) is 9.59 Å². The molecule has 4 aromatic carbocycles. The Bertz CT molecular complexity index is 1380. The molecule has 0 unspecified atom stereocenters. The standard InChI is InChI=1S/C31H32N2O5/c1-20(2)16-27(33-31(37)38-19-21-10-4-3-5-11-21)29(34)32-28(30(35)36)18-26-24-14-8-6-12-22(24)17-23-13-7-9-15-25(23)26/h3-15,17,20,27-28H,16,18-19H2,1-2H3,(H,32,34)(H,33,37)(H,35,36)/t27-,28-/m0/s1. The molecule has 7 heteroatoms. The fraction of sp³-hybridized carbons (Fsp3) is 0.258. The zero-order valence-corrected chi connectivity index (χ0v) is 21.5. The van der Waals surface area contributed by atoms with Crippen LogP contribution in [0.5, 0.6) is 0 Å². The number of carbonyl (C=O) groups is 3. The number of carboxylic acids is 1. The molecule has 4 rings (SSSR count). The summed E-state index contributed by atoms with van der Waals surface area (Å²) in [5.41, 5.74) is 1.67. The minimum Gasteiger partial charge on any atom is -0.480 e. The molecule has 38 heavy (non-hydrogen) atoms. The molecule has 0 aliphatic heterocycles. The lowest BCUT2D eigenvalue weighted by molar-refractivity contribution is -0.142. The first-order chi connectivity index (χ1) is 18.3. The van der Waals surface area contributed by atoms with Gasteiger partial charge in [0.15, 0.2) is 0 Å². The molecule has 196 valence electrons. The van der Waals surface area contributed by atoms with Crippen molar-refractivity contribution in [1.29, 1.82) is 0 Å². The van der Waals surface area contributed by atoms with Gasteiger partial charge in [-0.1, -0.05) is 92.7 Å². The van der Waals surface area contributed by atoms with Crippen LogP contribution in [-0.4, -0.2) is 35.2 Å². The quantitative estimate of drug-likeness (QED) is 0.245. The number of amides is 2. The first kappa shape index (κ1) is 26.7. The van der Waals surface area contributed by atoms with E-state index in [0.717, 1.165) is 32.7 Å². The molecule has 0 aromatic heterocycles. The Balaban J connectivity index is 1.53. The van der Waals surface area contributed by atoms with E-state index in [0.29, 0.717) is 6.42 Å². The fourth-order valence-corrected chi connectivity index (χ4v) is 4.61. The lowest BCUT2D eigenvalue weighted by Crippen LogP contribution is -2.52. The second-order valence-corrected chi connectivity index (χ2v) is 9.79. The Morgan fingerprint density at radius 2 is 1.37 bits per heavy atom. The zero-order chi connectivity index (χ0) is 27.1. The van der Waals surface area contributed by atoms with Crippen molar-refractivity contribution in [2.45, 2.75) is 45.4 Å². The van der Waals surface area contributed by atoms with Crippen LogP contribution < -0.4 is 10.6 Å². The summed E-state index contributed by atoms with van der Waals surface area (Å²) in [6.45, 7) is 3.91. The van der Waals surface area contributed by atoms with Crippen molar-refractivity contribution >= 4 is 39.5 Å². The Morgan fingerprint density at radius 1 is 0.789 bits per heavy atom. The molecule has 0 aliphatic rings. The largest absolute Gasteiger partial charge is 0.480 e. The zero-order valence-electron chi connectivity index (χ0n) is 21.5. The van der Waals surface area contributed by atoms with Crippen LogP contribution in [0.4, 0.5) is 4.79 Å². The van der Waals surface area contributed by atoms with Gasteiger partial charge in [-0.15, -0.1) is 0 Å². The number of carbonyl (C=O) groups excluding carboxylic acids is 2. The highest BCUT2D eigenvalue weighted by Crippen LogP contribution is 2.29. The normalized spacial score (nSPS) is 12.7. The highest BCUT2D eigenvalue weighted by atomic mass is 16.5. The number of benzene rings is 4. The summed E-state index contributed by atoms with van der Waals surface area (Å²) in [7, 11) is 0. The van der Waals surface area contributed by atoms with Gasteiger partial charge in [-0.3, -0.25) is 4.79 Å². The number of carboxylic acid groups (broad SMARTS) is 1. The molecule has 0 fully saturated rings. The summed E-state index contributed by atoms with van der Waals surface area (Å²) >= 11 is 0. The molecule has 2 atom stereocenters. The van der Waals surface area contributed by atoms with E-state index < -0.39 is 30.1 Å². The lowest BCUT2D eigenvalue weighted by atomic mass is 9.92. The number of hydrogen-bond acceptors (Lipinski definition) is 4.